The Balaban J connectivity index is 1.10. The third kappa shape index (κ3) is 8.39. The summed E-state index contributed by atoms with van der Waals surface area (Å²) < 4.78 is 31.4. The normalized spacial score (nSPS) is 16.9. The largest absolute Gasteiger partial charge is 0.496 e. The van der Waals surface area contributed by atoms with Crippen LogP contribution in [-0.2, 0) is 34.0 Å². The molecule has 1 aliphatic rings. The monoisotopic (exact) mass is 586 g/mol. The molecule has 0 radical (unpaired) electrons. The molecular formula is C36H46N2O5. The maximum Gasteiger partial charge on any atom is 0.124 e. The van der Waals surface area contributed by atoms with Crippen molar-refractivity contribution in [3.05, 3.63) is 95.2 Å². The highest BCUT2D eigenvalue weighted by Gasteiger charge is 2.27. The minimum Gasteiger partial charge on any atom is -0.496 e. The number of aromatic nitrogens is 1. The third-order valence-electron chi connectivity index (χ3n) is 8.26. The van der Waals surface area contributed by atoms with Crippen LogP contribution in [0.3, 0.4) is 0 Å². The summed E-state index contributed by atoms with van der Waals surface area (Å²) in [6, 6.07) is 25.5. The molecule has 4 aromatic rings. The van der Waals surface area contributed by atoms with Crippen molar-refractivity contribution in [1.82, 2.24) is 9.88 Å². The second-order valence-electron chi connectivity index (χ2n) is 11.3. The maximum absolute atomic E-state index is 6.56. The van der Waals surface area contributed by atoms with Crippen LogP contribution in [-0.4, -0.2) is 57.8 Å². The molecule has 230 valence electrons. The Morgan fingerprint density at radius 3 is 2.58 bits per heavy atom. The molecule has 7 heteroatoms. The van der Waals surface area contributed by atoms with Crippen LogP contribution in [0.1, 0.15) is 47.6 Å². The zero-order valence-corrected chi connectivity index (χ0v) is 25.8. The highest BCUT2D eigenvalue weighted by atomic mass is 16.5. The van der Waals surface area contributed by atoms with Crippen molar-refractivity contribution in [2.45, 2.75) is 58.0 Å². The van der Waals surface area contributed by atoms with E-state index < -0.39 is 0 Å². The molecule has 1 saturated heterocycles. The Bertz CT molecular complexity index is 1420. The predicted molar refractivity (Wildman–Crippen MR) is 171 cm³/mol. The third-order valence-corrected chi connectivity index (χ3v) is 8.26. The zero-order valence-electron chi connectivity index (χ0n) is 25.8. The van der Waals surface area contributed by atoms with Gasteiger partial charge >= 0.3 is 0 Å². The number of piperidine rings is 1. The molecule has 0 spiro atoms. The highest BCUT2D eigenvalue weighted by molar-refractivity contribution is 5.82. The molecular weight excluding hydrogens is 540 g/mol. The molecule has 0 bridgehead atoms. The standard InChI is InChI=1S/C36H46N2O5/c1-27-22-30-11-10-28(23-34(30)38(27)18-6-19-39-2)25-43-36-24-37-17-16-33(36)29-12-14-32(15-13-29)42-21-7-20-41-26-31-8-4-5-9-35(31)40-3/h4-5,8-15,22-23,33,36-37H,6-7,16-21,24-26H2,1-3H3/t33-,36+/m1/s1. The minimum absolute atomic E-state index is 0.117. The van der Waals surface area contributed by atoms with Crippen LogP contribution >= 0.6 is 0 Å². The molecule has 5 rings (SSSR count). The Morgan fingerprint density at radius 2 is 1.74 bits per heavy atom. The second-order valence-corrected chi connectivity index (χ2v) is 11.3. The van der Waals surface area contributed by atoms with Gasteiger partial charge in [0.25, 0.3) is 0 Å². The summed E-state index contributed by atoms with van der Waals surface area (Å²) in [5.74, 6) is 2.09. The first kappa shape index (κ1) is 31.1. The molecule has 2 heterocycles. The van der Waals surface area contributed by atoms with Crippen LogP contribution in [0.4, 0.5) is 0 Å². The van der Waals surface area contributed by atoms with Crippen LogP contribution < -0.4 is 14.8 Å². The molecule has 0 saturated carbocycles. The number of para-hydroxylation sites is 1. The summed E-state index contributed by atoms with van der Waals surface area (Å²) in [5, 5.41) is 4.81. The van der Waals surface area contributed by atoms with Gasteiger partial charge in [-0.2, -0.15) is 0 Å². The summed E-state index contributed by atoms with van der Waals surface area (Å²) in [6.45, 7) is 8.14. The van der Waals surface area contributed by atoms with Gasteiger partial charge in [0, 0.05) is 55.9 Å². The van der Waals surface area contributed by atoms with Crippen molar-refractivity contribution in [3.8, 4) is 11.5 Å². The van der Waals surface area contributed by atoms with E-state index in [1.165, 1.54) is 27.7 Å². The van der Waals surface area contributed by atoms with Gasteiger partial charge in [0.05, 0.1) is 39.6 Å². The molecule has 0 amide bonds. The number of benzene rings is 3. The van der Waals surface area contributed by atoms with Gasteiger partial charge in [-0.25, -0.2) is 0 Å². The van der Waals surface area contributed by atoms with Crippen molar-refractivity contribution >= 4 is 10.9 Å². The van der Waals surface area contributed by atoms with Gasteiger partial charge in [0.2, 0.25) is 0 Å². The number of fused-ring (bicyclic) bond motifs is 1. The van der Waals surface area contributed by atoms with Crippen molar-refractivity contribution in [3.63, 3.8) is 0 Å². The average molecular weight is 587 g/mol. The van der Waals surface area contributed by atoms with Gasteiger partial charge in [0.1, 0.15) is 11.5 Å². The molecule has 1 fully saturated rings. The van der Waals surface area contributed by atoms with Crippen LogP contribution in [0.5, 0.6) is 11.5 Å². The smallest absolute Gasteiger partial charge is 0.124 e. The summed E-state index contributed by atoms with van der Waals surface area (Å²) in [5.41, 5.74) is 6.12. The van der Waals surface area contributed by atoms with Gasteiger partial charge in [-0.3, -0.25) is 0 Å². The molecule has 7 nitrogen and oxygen atoms in total. The van der Waals surface area contributed by atoms with E-state index in [9.17, 15) is 0 Å². The fourth-order valence-corrected chi connectivity index (χ4v) is 5.95. The lowest BCUT2D eigenvalue weighted by Crippen LogP contribution is -2.40. The number of methoxy groups -OCH3 is 2. The van der Waals surface area contributed by atoms with Crippen molar-refractivity contribution in [2.75, 3.05) is 47.1 Å². The van der Waals surface area contributed by atoms with Crippen LogP contribution in [0.2, 0.25) is 0 Å². The predicted octanol–water partition coefficient (Wildman–Crippen LogP) is 6.64. The topological polar surface area (TPSA) is 63.1 Å². The second kappa shape index (κ2) is 15.9. The maximum atomic E-state index is 6.56. The van der Waals surface area contributed by atoms with Crippen molar-refractivity contribution < 1.29 is 23.7 Å². The first-order valence-corrected chi connectivity index (χ1v) is 15.5. The van der Waals surface area contributed by atoms with E-state index in [1.54, 1.807) is 14.2 Å². The number of hydrogen-bond acceptors (Lipinski definition) is 6. The molecule has 1 aliphatic heterocycles. The molecule has 1 N–H and O–H groups in total. The Labute approximate surface area is 256 Å². The van der Waals surface area contributed by atoms with E-state index >= 15 is 0 Å². The zero-order chi connectivity index (χ0) is 29.9. The molecule has 3 aromatic carbocycles. The highest BCUT2D eigenvalue weighted by Crippen LogP contribution is 2.30. The Kier molecular flexibility index (Phi) is 11.5. The number of hydrogen-bond donors (Lipinski definition) is 1. The van der Waals surface area contributed by atoms with Gasteiger partial charge in [-0.1, -0.05) is 42.5 Å². The van der Waals surface area contributed by atoms with Crippen LogP contribution in [0, 0.1) is 6.92 Å². The van der Waals surface area contributed by atoms with Gasteiger partial charge in [-0.05, 0) is 73.2 Å². The van der Waals surface area contributed by atoms with Crippen LogP contribution in [0.25, 0.3) is 10.9 Å². The first-order valence-electron chi connectivity index (χ1n) is 15.5. The number of nitrogens with zero attached hydrogens (tertiary/aromatic N) is 1. The lowest BCUT2D eigenvalue weighted by atomic mass is 9.87. The van der Waals surface area contributed by atoms with E-state index in [4.69, 9.17) is 23.7 Å². The lowest BCUT2D eigenvalue weighted by molar-refractivity contribution is 0.0106. The number of aryl methyl sites for hydroxylation is 2. The average Bonchev–Trinajstić information content (AvgIpc) is 3.36. The first-order chi connectivity index (χ1) is 21.2. The van der Waals surface area contributed by atoms with E-state index in [0.29, 0.717) is 32.3 Å². The van der Waals surface area contributed by atoms with Crippen molar-refractivity contribution in [2.24, 2.45) is 0 Å². The summed E-state index contributed by atoms with van der Waals surface area (Å²) in [4.78, 5) is 0. The molecule has 0 unspecified atom stereocenters. The molecule has 43 heavy (non-hydrogen) atoms. The molecule has 1 aromatic heterocycles. The van der Waals surface area contributed by atoms with E-state index in [1.807, 2.05) is 24.3 Å². The summed E-state index contributed by atoms with van der Waals surface area (Å²) in [6.07, 6.45) is 2.99. The Hall–Kier alpha value is -3.36. The van der Waals surface area contributed by atoms with Gasteiger partial charge in [-0.15, -0.1) is 0 Å². The SMILES string of the molecule is COCCCn1c(C)cc2ccc(CO[C@H]3CNCC[C@@H]3c3ccc(OCCCOCc4ccccc4OC)cc3)cc21. The summed E-state index contributed by atoms with van der Waals surface area (Å²) in [7, 11) is 3.44. The van der Waals surface area contributed by atoms with Gasteiger partial charge in [0.15, 0.2) is 0 Å². The molecule has 0 aliphatic carbocycles. The fourth-order valence-electron chi connectivity index (χ4n) is 5.95. The number of ether oxygens (including phenoxy) is 5. The Morgan fingerprint density at radius 1 is 0.884 bits per heavy atom. The minimum atomic E-state index is 0.117. The van der Waals surface area contributed by atoms with Crippen molar-refractivity contribution in [1.29, 1.82) is 0 Å². The van der Waals surface area contributed by atoms with Crippen LogP contribution in [0.15, 0.2) is 72.8 Å². The quantitative estimate of drug-likeness (QED) is 0.149. The van der Waals surface area contributed by atoms with E-state index in [2.05, 4.69) is 65.3 Å². The molecule has 2 atom stereocenters. The summed E-state index contributed by atoms with van der Waals surface area (Å²) >= 11 is 0. The lowest BCUT2D eigenvalue weighted by Gasteiger charge is -2.32. The number of rotatable bonds is 16. The number of nitrogens with one attached hydrogen (secondary N) is 1. The van der Waals surface area contributed by atoms with E-state index in [-0.39, 0.29) is 6.10 Å². The van der Waals surface area contributed by atoms with Gasteiger partial charge < -0.3 is 33.6 Å². The fraction of sp³-hybridized carbons (Fsp3) is 0.444. The van der Waals surface area contributed by atoms with E-state index in [0.717, 1.165) is 62.6 Å².